The fourth-order valence-corrected chi connectivity index (χ4v) is 3.05. The zero-order chi connectivity index (χ0) is 19.4. The van der Waals surface area contributed by atoms with Gasteiger partial charge >= 0.3 is 5.97 Å². The van der Waals surface area contributed by atoms with E-state index in [9.17, 15) is 14.8 Å². The van der Waals surface area contributed by atoms with Crippen LogP contribution in [-0.4, -0.2) is 29.3 Å². The minimum atomic E-state index is -0.686. The van der Waals surface area contributed by atoms with Crippen LogP contribution in [0.1, 0.15) is 35.8 Å². The zero-order valence-electron chi connectivity index (χ0n) is 14.4. The third kappa shape index (κ3) is 4.09. The van der Waals surface area contributed by atoms with Crippen molar-refractivity contribution < 1.29 is 19.5 Å². The molecule has 0 aliphatic heterocycles. The molecule has 0 aliphatic rings. The van der Waals surface area contributed by atoms with Crippen molar-refractivity contribution in [1.82, 2.24) is 5.06 Å². The van der Waals surface area contributed by atoms with Gasteiger partial charge in [-0.15, -0.1) is 0 Å². The molecule has 6 nitrogen and oxygen atoms in total. The SMILES string of the molecule is COC(=O)c1ccccc1Nc1c(Cl)ccc(C(C)N(O)C(C)=O)c1Cl. The predicted molar refractivity (Wildman–Crippen MR) is 100 cm³/mol. The van der Waals surface area contributed by atoms with Gasteiger partial charge in [-0.05, 0) is 30.7 Å². The summed E-state index contributed by atoms with van der Waals surface area (Å²) >= 11 is 12.7. The van der Waals surface area contributed by atoms with Gasteiger partial charge in [-0.25, -0.2) is 9.86 Å². The summed E-state index contributed by atoms with van der Waals surface area (Å²) < 4.78 is 4.77. The molecule has 0 radical (unpaired) electrons. The van der Waals surface area contributed by atoms with E-state index >= 15 is 0 Å². The second kappa shape index (κ2) is 8.40. The number of amides is 1. The molecule has 1 amide bonds. The van der Waals surface area contributed by atoms with Crippen molar-refractivity contribution in [2.75, 3.05) is 12.4 Å². The van der Waals surface area contributed by atoms with Crippen molar-refractivity contribution in [2.45, 2.75) is 19.9 Å². The normalized spacial score (nSPS) is 11.6. The lowest BCUT2D eigenvalue weighted by molar-refractivity contribution is -0.172. The molecule has 8 heteroatoms. The quantitative estimate of drug-likeness (QED) is 0.430. The Labute approximate surface area is 161 Å². The number of esters is 1. The van der Waals surface area contributed by atoms with Crippen LogP contribution < -0.4 is 5.32 Å². The van der Waals surface area contributed by atoms with Gasteiger partial charge < -0.3 is 10.1 Å². The Kier molecular flexibility index (Phi) is 6.47. The second-order valence-electron chi connectivity index (χ2n) is 5.53. The first-order valence-electron chi connectivity index (χ1n) is 7.68. The summed E-state index contributed by atoms with van der Waals surface area (Å²) in [6.07, 6.45) is 0. The van der Waals surface area contributed by atoms with E-state index in [-0.39, 0.29) is 5.02 Å². The highest BCUT2D eigenvalue weighted by Gasteiger charge is 2.22. The Morgan fingerprint density at radius 3 is 2.46 bits per heavy atom. The maximum absolute atomic E-state index is 11.9. The molecular weight excluding hydrogens is 379 g/mol. The van der Waals surface area contributed by atoms with Crippen LogP contribution in [0.2, 0.25) is 10.0 Å². The lowest BCUT2D eigenvalue weighted by Crippen LogP contribution is -2.28. The first-order chi connectivity index (χ1) is 12.3. The average Bonchev–Trinajstić information content (AvgIpc) is 2.63. The highest BCUT2D eigenvalue weighted by Crippen LogP contribution is 2.39. The number of anilines is 2. The molecule has 0 saturated carbocycles. The fraction of sp³-hybridized carbons (Fsp3) is 0.222. The maximum atomic E-state index is 11.9. The molecule has 0 spiro atoms. The molecule has 26 heavy (non-hydrogen) atoms. The molecule has 0 saturated heterocycles. The fourth-order valence-electron chi connectivity index (χ4n) is 2.43. The number of nitrogens with zero attached hydrogens (tertiary/aromatic N) is 1. The van der Waals surface area contributed by atoms with Crippen molar-refractivity contribution in [3.63, 3.8) is 0 Å². The van der Waals surface area contributed by atoms with Crippen molar-refractivity contribution in [1.29, 1.82) is 0 Å². The monoisotopic (exact) mass is 396 g/mol. The predicted octanol–water partition coefficient (Wildman–Crippen LogP) is 4.82. The number of hydroxylamine groups is 2. The van der Waals surface area contributed by atoms with Crippen LogP contribution in [0.25, 0.3) is 0 Å². The second-order valence-corrected chi connectivity index (χ2v) is 6.31. The van der Waals surface area contributed by atoms with Gasteiger partial charge in [0, 0.05) is 6.92 Å². The Balaban J connectivity index is 2.47. The Morgan fingerprint density at radius 2 is 1.85 bits per heavy atom. The van der Waals surface area contributed by atoms with Crippen LogP contribution in [0.4, 0.5) is 11.4 Å². The standard InChI is InChI=1S/C18H18Cl2N2O4/c1-10(22(25)11(2)23)12-8-9-14(19)17(16(12)20)21-15-7-5-4-6-13(15)18(24)26-3/h4-10,21,25H,1-3H3. The molecule has 0 aromatic heterocycles. The Hall–Kier alpha value is -2.28. The van der Waals surface area contributed by atoms with Crippen molar-refractivity contribution >= 4 is 46.5 Å². The number of ether oxygens (including phenoxy) is 1. The van der Waals surface area contributed by atoms with Gasteiger partial charge in [0.1, 0.15) is 0 Å². The van der Waals surface area contributed by atoms with E-state index in [1.54, 1.807) is 43.3 Å². The average molecular weight is 397 g/mol. The van der Waals surface area contributed by atoms with Crippen LogP contribution in [0.15, 0.2) is 36.4 Å². The minimum absolute atomic E-state index is 0.227. The van der Waals surface area contributed by atoms with Crippen molar-refractivity contribution in [3.05, 3.63) is 57.6 Å². The highest BCUT2D eigenvalue weighted by molar-refractivity contribution is 6.39. The highest BCUT2D eigenvalue weighted by atomic mass is 35.5. The van der Waals surface area contributed by atoms with E-state index in [1.807, 2.05) is 0 Å². The lowest BCUT2D eigenvalue weighted by atomic mass is 10.1. The molecule has 2 rings (SSSR count). The number of hydrogen-bond acceptors (Lipinski definition) is 5. The molecule has 0 heterocycles. The molecule has 2 aromatic rings. The van der Waals surface area contributed by atoms with Gasteiger partial charge in [0.15, 0.2) is 0 Å². The molecule has 2 N–H and O–H groups in total. The van der Waals surface area contributed by atoms with Crippen LogP contribution in [0.5, 0.6) is 0 Å². The number of nitrogens with one attached hydrogen (secondary N) is 1. The molecule has 2 aromatic carbocycles. The zero-order valence-corrected chi connectivity index (χ0v) is 15.9. The van der Waals surface area contributed by atoms with E-state index < -0.39 is 17.9 Å². The number of para-hydroxylation sites is 1. The third-order valence-corrected chi connectivity index (χ3v) is 4.57. The summed E-state index contributed by atoms with van der Waals surface area (Å²) in [6, 6.07) is 9.27. The number of methoxy groups -OCH3 is 1. The number of carbonyl (C=O) groups is 2. The van der Waals surface area contributed by atoms with Gasteiger partial charge in [-0.2, -0.15) is 0 Å². The van der Waals surface area contributed by atoms with E-state index in [4.69, 9.17) is 27.9 Å². The van der Waals surface area contributed by atoms with Crippen LogP contribution in [-0.2, 0) is 9.53 Å². The molecule has 1 atom stereocenters. The first-order valence-corrected chi connectivity index (χ1v) is 8.44. The van der Waals surface area contributed by atoms with E-state index in [2.05, 4.69) is 5.32 Å². The summed E-state index contributed by atoms with van der Waals surface area (Å²) in [4.78, 5) is 23.3. The number of benzene rings is 2. The maximum Gasteiger partial charge on any atom is 0.339 e. The van der Waals surface area contributed by atoms with Gasteiger partial charge in [0.25, 0.3) is 0 Å². The molecule has 138 valence electrons. The Morgan fingerprint density at radius 1 is 1.19 bits per heavy atom. The largest absolute Gasteiger partial charge is 0.465 e. The summed E-state index contributed by atoms with van der Waals surface area (Å²) in [7, 11) is 1.29. The van der Waals surface area contributed by atoms with E-state index in [0.29, 0.717) is 32.6 Å². The first kappa shape index (κ1) is 20.0. The molecule has 0 bridgehead atoms. The van der Waals surface area contributed by atoms with Crippen LogP contribution >= 0.6 is 23.2 Å². The number of carbonyl (C=O) groups excluding carboxylic acids is 2. The smallest absolute Gasteiger partial charge is 0.339 e. The summed E-state index contributed by atoms with van der Waals surface area (Å²) in [5.74, 6) is -1.03. The third-order valence-electron chi connectivity index (χ3n) is 3.85. The molecule has 0 fully saturated rings. The minimum Gasteiger partial charge on any atom is -0.465 e. The van der Waals surface area contributed by atoms with Gasteiger partial charge in [-0.1, -0.05) is 41.4 Å². The van der Waals surface area contributed by atoms with E-state index in [0.717, 1.165) is 0 Å². The van der Waals surface area contributed by atoms with Gasteiger partial charge in [0.05, 0.1) is 40.1 Å². The van der Waals surface area contributed by atoms with E-state index in [1.165, 1.54) is 14.0 Å². The topological polar surface area (TPSA) is 78.9 Å². The molecule has 0 aliphatic carbocycles. The summed E-state index contributed by atoms with van der Waals surface area (Å²) in [5.41, 5.74) is 1.62. The van der Waals surface area contributed by atoms with Crippen molar-refractivity contribution in [3.8, 4) is 0 Å². The molecular formula is C18H18Cl2N2O4. The number of hydrogen-bond donors (Lipinski definition) is 2. The van der Waals surface area contributed by atoms with Gasteiger partial charge in [-0.3, -0.25) is 10.0 Å². The summed E-state index contributed by atoms with van der Waals surface area (Å²) in [6.45, 7) is 2.87. The molecule has 1 unspecified atom stereocenters. The van der Waals surface area contributed by atoms with Gasteiger partial charge in [0.2, 0.25) is 5.91 Å². The number of rotatable bonds is 5. The summed E-state index contributed by atoms with van der Waals surface area (Å²) in [5, 5.41) is 14.0. The van der Waals surface area contributed by atoms with Crippen LogP contribution in [0, 0.1) is 0 Å². The Bertz CT molecular complexity index is 842. The van der Waals surface area contributed by atoms with Crippen molar-refractivity contribution in [2.24, 2.45) is 0 Å². The number of halogens is 2. The lowest BCUT2D eigenvalue weighted by Gasteiger charge is -2.24. The van der Waals surface area contributed by atoms with Crippen LogP contribution in [0.3, 0.4) is 0 Å².